The van der Waals surface area contributed by atoms with Gasteiger partial charge in [-0.3, -0.25) is 4.90 Å². The van der Waals surface area contributed by atoms with Crippen LogP contribution in [0.1, 0.15) is 28.8 Å². The van der Waals surface area contributed by atoms with Gasteiger partial charge < -0.3 is 9.84 Å². The number of nitrogens with zero attached hydrogens (tertiary/aromatic N) is 1. The topological polar surface area (TPSA) is 49.8 Å². The molecule has 0 spiro atoms. The first kappa shape index (κ1) is 17.6. The van der Waals surface area contributed by atoms with E-state index in [1.165, 1.54) is 6.07 Å². The largest absolute Gasteiger partial charge is 0.492 e. The van der Waals surface area contributed by atoms with Gasteiger partial charge in [0.25, 0.3) is 0 Å². The first-order chi connectivity index (χ1) is 10.8. The van der Waals surface area contributed by atoms with Crippen LogP contribution in [0.3, 0.4) is 0 Å². The predicted molar refractivity (Wildman–Crippen MR) is 78.9 cm³/mol. The van der Waals surface area contributed by atoms with Gasteiger partial charge in [-0.05, 0) is 56.6 Å². The quantitative estimate of drug-likeness (QED) is 0.899. The van der Waals surface area contributed by atoms with E-state index in [2.05, 4.69) is 0 Å². The fraction of sp³-hybridized carbons (Fsp3) is 0.562. The van der Waals surface area contributed by atoms with Crippen LogP contribution >= 0.6 is 0 Å². The molecular formula is C16H20F3NO3. The number of aromatic carboxylic acids is 1. The zero-order valence-electron chi connectivity index (χ0n) is 12.9. The molecule has 1 heterocycles. The summed E-state index contributed by atoms with van der Waals surface area (Å²) in [6.07, 6.45) is -3.82. The van der Waals surface area contributed by atoms with E-state index in [-0.39, 0.29) is 18.4 Å². The summed E-state index contributed by atoms with van der Waals surface area (Å²) in [5.74, 6) is -1.61. The molecule has 0 aromatic heterocycles. The van der Waals surface area contributed by atoms with Gasteiger partial charge in [0.2, 0.25) is 0 Å². The van der Waals surface area contributed by atoms with E-state index in [9.17, 15) is 18.0 Å². The van der Waals surface area contributed by atoms with Crippen molar-refractivity contribution >= 4 is 5.97 Å². The van der Waals surface area contributed by atoms with Gasteiger partial charge in [0, 0.05) is 6.54 Å². The third kappa shape index (κ3) is 4.86. The van der Waals surface area contributed by atoms with Gasteiger partial charge in [-0.2, -0.15) is 13.2 Å². The fourth-order valence-corrected chi connectivity index (χ4v) is 2.74. The summed E-state index contributed by atoms with van der Waals surface area (Å²) in [6, 6.07) is 4.73. The molecule has 0 saturated carbocycles. The van der Waals surface area contributed by atoms with Crippen LogP contribution in [0.2, 0.25) is 0 Å². The molecule has 1 N–H and O–H groups in total. The first-order valence-corrected chi connectivity index (χ1v) is 7.53. The third-order valence-electron chi connectivity index (χ3n) is 4.16. The maximum absolute atomic E-state index is 12.6. The van der Waals surface area contributed by atoms with Gasteiger partial charge in [-0.1, -0.05) is 0 Å². The number of hydrogen-bond acceptors (Lipinski definition) is 3. The minimum atomic E-state index is -4.09. The number of likely N-dealkylation sites (tertiary alicyclic amines) is 1. The minimum Gasteiger partial charge on any atom is -0.492 e. The minimum absolute atomic E-state index is 0.135. The number of carbonyl (C=O) groups is 1. The van der Waals surface area contributed by atoms with Crippen molar-refractivity contribution < 1.29 is 27.8 Å². The Kier molecular flexibility index (Phi) is 5.51. The lowest BCUT2D eigenvalue weighted by Gasteiger charge is -2.32. The van der Waals surface area contributed by atoms with Crippen molar-refractivity contribution in [1.82, 2.24) is 4.90 Å². The van der Waals surface area contributed by atoms with Crippen LogP contribution in [0, 0.1) is 12.8 Å². The van der Waals surface area contributed by atoms with Crippen LogP contribution in [0.4, 0.5) is 13.2 Å². The molecule has 2 rings (SSSR count). The molecule has 4 nitrogen and oxygen atoms in total. The monoisotopic (exact) mass is 331 g/mol. The highest BCUT2D eigenvalue weighted by Gasteiger charge is 2.40. The number of hydrogen-bond donors (Lipinski definition) is 1. The molecule has 1 aliphatic rings. The zero-order valence-corrected chi connectivity index (χ0v) is 12.9. The zero-order chi connectivity index (χ0) is 17.0. The molecule has 0 bridgehead atoms. The van der Waals surface area contributed by atoms with Crippen LogP contribution < -0.4 is 4.74 Å². The van der Waals surface area contributed by atoms with Crippen molar-refractivity contribution in [3.8, 4) is 5.75 Å². The Morgan fingerprint density at radius 2 is 2.00 bits per heavy atom. The molecule has 0 unspecified atom stereocenters. The SMILES string of the molecule is Cc1cc(OCCN2CCC(C(F)(F)F)CC2)ccc1C(=O)O. The van der Waals surface area contributed by atoms with E-state index >= 15 is 0 Å². The number of piperidine rings is 1. The molecule has 1 aromatic rings. The molecular weight excluding hydrogens is 311 g/mol. The fourth-order valence-electron chi connectivity index (χ4n) is 2.74. The summed E-state index contributed by atoms with van der Waals surface area (Å²) in [5, 5.41) is 8.95. The highest BCUT2D eigenvalue weighted by Crippen LogP contribution is 2.33. The number of benzene rings is 1. The van der Waals surface area contributed by atoms with E-state index in [1.807, 2.05) is 4.90 Å². The Hall–Kier alpha value is -1.76. The van der Waals surface area contributed by atoms with Crippen molar-refractivity contribution in [2.45, 2.75) is 25.9 Å². The summed E-state index contributed by atoms with van der Waals surface area (Å²) in [4.78, 5) is 12.9. The second-order valence-electron chi connectivity index (χ2n) is 5.79. The van der Waals surface area contributed by atoms with Gasteiger partial charge in [-0.15, -0.1) is 0 Å². The lowest BCUT2D eigenvalue weighted by molar-refractivity contribution is -0.185. The number of halogens is 3. The summed E-state index contributed by atoms with van der Waals surface area (Å²) in [6.45, 7) is 3.46. The number of carboxylic acid groups (broad SMARTS) is 1. The van der Waals surface area contributed by atoms with Gasteiger partial charge in [0.1, 0.15) is 12.4 Å². The van der Waals surface area contributed by atoms with Crippen LogP contribution in [0.25, 0.3) is 0 Å². The van der Waals surface area contributed by atoms with Gasteiger partial charge >= 0.3 is 12.1 Å². The number of carboxylic acids is 1. The highest BCUT2D eigenvalue weighted by molar-refractivity contribution is 5.89. The van der Waals surface area contributed by atoms with Crippen LogP contribution in [0.5, 0.6) is 5.75 Å². The second-order valence-corrected chi connectivity index (χ2v) is 5.79. The molecule has 0 aliphatic carbocycles. The van der Waals surface area contributed by atoms with Crippen molar-refractivity contribution in [1.29, 1.82) is 0 Å². The number of aryl methyl sites for hydroxylation is 1. The van der Waals surface area contributed by atoms with E-state index < -0.39 is 18.1 Å². The molecule has 0 atom stereocenters. The molecule has 23 heavy (non-hydrogen) atoms. The number of rotatable bonds is 5. The lowest BCUT2D eigenvalue weighted by Crippen LogP contribution is -2.40. The number of ether oxygens (including phenoxy) is 1. The predicted octanol–water partition coefficient (Wildman–Crippen LogP) is 3.35. The first-order valence-electron chi connectivity index (χ1n) is 7.53. The normalized spacial score (nSPS) is 17.2. The average Bonchev–Trinajstić information content (AvgIpc) is 2.46. The van der Waals surface area contributed by atoms with E-state index in [1.54, 1.807) is 19.1 Å². The molecule has 0 amide bonds. The summed E-state index contributed by atoms with van der Waals surface area (Å²) < 4.78 is 43.3. The Morgan fingerprint density at radius 3 is 2.52 bits per heavy atom. The van der Waals surface area contributed by atoms with Crippen molar-refractivity contribution in [3.05, 3.63) is 29.3 Å². The van der Waals surface area contributed by atoms with E-state index in [0.29, 0.717) is 37.6 Å². The van der Waals surface area contributed by atoms with Gasteiger partial charge in [0.15, 0.2) is 0 Å². The summed E-state index contributed by atoms with van der Waals surface area (Å²) in [7, 11) is 0. The van der Waals surface area contributed by atoms with E-state index in [4.69, 9.17) is 9.84 Å². The summed E-state index contributed by atoms with van der Waals surface area (Å²) in [5.41, 5.74) is 0.840. The van der Waals surface area contributed by atoms with Gasteiger partial charge in [0.05, 0.1) is 11.5 Å². The maximum atomic E-state index is 12.6. The second kappa shape index (κ2) is 7.21. The summed E-state index contributed by atoms with van der Waals surface area (Å²) >= 11 is 0. The molecule has 0 radical (unpaired) electrons. The molecule has 1 aliphatic heterocycles. The Morgan fingerprint density at radius 1 is 1.35 bits per heavy atom. The Bertz CT molecular complexity index is 552. The van der Waals surface area contributed by atoms with Gasteiger partial charge in [-0.25, -0.2) is 4.79 Å². The van der Waals surface area contributed by atoms with Crippen molar-refractivity contribution in [3.63, 3.8) is 0 Å². The lowest BCUT2D eigenvalue weighted by atomic mass is 9.96. The molecule has 128 valence electrons. The molecule has 1 aromatic carbocycles. The Balaban J connectivity index is 1.76. The van der Waals surface area contributed by atoms with Crippen molar-refractivity contribution in [2.24, 2.45) is 5.92 Å². The van der Waals surface area contributed by atoms with E-state index in [0.717, 1.165) is 0 Å². The van der Waals surface area contributed by atoms with Crippen LogP contribution in [-0.2, 0) is 0 Å². The molecule has 7 heteroatoms. The van der Waals surface area contributed by atoms with Crippen LogP contribution in [-0.4, -0.2) is 48.4 Å². The van der Waals surface area contributed by atoms with Crippen molar-refractivity contribution in [2.75, 3.05) is 26.2 Å². The smallest absolute Gasteiger partial charge is 0.391 e. The molecule has 1 fully saturated rings. The maximum Gasteiger partial charge on any atom is 0.391 e. The molecule has 1 saturated heterocycles. The number of alkyl halides is 3. The third-order valence-corrected chi connectivity index (χ3v) is 4.16. The average molecular weight is 331 g/mol. The Labute approximate surface area is 132 Å². The highest BCUT2D eigenvalue weighted by atomic mass is 19.4. The standard InChI is InChI=1S/C16H20F3NO3/c1-11-10-13(2-3-14(11)15(21)22)23-9-8-20-6-4-12(5-7-20)16(17,18)19/h2-3,10,12H,4-9H2,1H3,(H,21,22). The van der Waals surface area contributed by atoms with Crippen LogP contribution in [0.15, 0.2) is 18.2 Å².